The summed E-state index contributed by atoms with van der Waals surface area (Å²) < 4.78 is 5.52. The predicted molar refractivity (Wildman–Crippen MR) is 108 cm³/mol. The van der Waals surface area contributed by atoms with Crippen LogP contribution in [0.2, 0.25) is 10.0 Å². The van der Waals surface area contributed by atoms with E-state index in [2.05, 4.69) is 5.32 Å². The summed E-state index contributed by atoms with van der Waals surface area (Å²) in [6.07, 6.45) is 2.01. The number of rotatable bonds is 7. The van der Waals surface area contributed by atoms with Gasteiger partial charge < -0.3 is 15.0 Å². The summed E-state index contributed by atoms with van der Waals surface area (Å²) in [5.41, 5.74) is 0.312. The second kappa shape index (κ2) is 10.3. The van der Waals surface area contributed by atoms with E-state index in [9.17, 15) is 9.59 Å². The van der Waals surface area contributed by atoms with Crippen LogP contribution in [0.5, 0.6) is 0 Å². The third kappa shape index (κ3) is 6.09. The van der Waals surface area contributed by atoms with Crippen molar-refractivity contribution in [1.82, 2.24) is 10.2 Å². The Bertz CT molecular complexity index is 667. The third-order valence-electron chi connectivity index (χ3n) is 4.78. The van der Waals surface area contributed by atoms with E-state index in [1.807, 2.05) is 25.7 Å². The molecule has 1 heterocycles. The number of ether oxygens (including phenoxy) is 1. The summed E-state index contributed by atoms with van der Waals surface area (Å²) in [5, 5.41) is 3.59. The van der Waals surface area contributed by atoms with Crippen molar-refractivity contribution in [1.29, 1.82) is 0 Å². The number of carbonyl (C=O) groups excluding carboxylic acids is 2. The van der Waals surface area contributed by atoms with Crippen LogP contribution in [-0.2, 0) is 9.53 Å². The maximum Gasteiger partial charge on any atom is 0.253 e. The van der Waals surface area contributed by atoms with Crippen molar-refractivity contribution in [3.63, 3.8) is 0 Å². The molecular formula is C20H28Cl2N2O3. The summed E-state index contributed by atoms with van der Waals surface area (Å²) >= 11 is 12.0. The van der Waals surface area contributed by atoms with E-state index < -0.39 is 6.04 Å². The first-order valence-corrected chi connectivity index (χ1v) is 10.2. The minimum absolute atomic E-state index is 0.0419. The molecule has 2 rings (SSSR count). The highest BCUT2D eigenvalue weighted by molar-refractivity contribution is 6.36. The maximum atomic E-state index is 13.1. The van der Waals surface area contributed by atoms with Crippen LogP contribution in [0.1, 0.15) is 44.0 Å². The van der Waals surface area contributed by atoms with E-state index >= 15 is 0 Å². The van der Waals surface area contributed by atoms with Crippen LogP contribution in [0.4, 0.5) is 0 Å². The summed E-state index contributed by atoms with van der Waals surface area (Å²) in [6, 6.07) is 4.10. The van der Waals surface area contributed by atoms with E-state index in [1.54, 1.807) is 12.1 Å². The van der Waals surface area contributed by atoms with Crippen molar-refractivity contribution in [2.45, 2.75) is 39.7 Å². The van der Waals surface area contributed by atoms with Gasteiger partial charge in [0, 0.05) is 24.7 Å². The number of piperidine rings is 1. The van der Waals surface area contributed by atoms with Gasteiger partial charge in [0.2, 0.25) is 5.91 Å². The van der Waals surface area contributed by atoms with Gasteiger partial charge in [0.25, 0.3) is 5.91 Å². The normalized spacial score (nSPS) is 18.4. The van der Waals surface area contributed by atoms with Crippen LogP contribution < -0.4 is 5.32 Å². The molecule has 0 bridgehead atoms. The lowest BCUT2D eigenvalue weighted by atomic mass is 9.96. The lowest BCUT2D eigenvalue weighted by Gasteiger charge is -2.36. The summed E-state index contributed by atoms with van der Waals surface area (Å²) in [5.74, 6) is -0.118. The predicted octanol–water partition coefficient (Wildman–Crippen LogP) is 4.02. The van der Waals surface area contributed by atoms with Crippen LogP contribution in [-0.4, -0.2) is 49.1 Å². The number of hydrogen-bond acceptors (Lipinski definition) is 3. The van der Waals surface area contributed by atoms with Crippen molar-refractivity contribution in [2.75, 3.05) is 26.3 Å². The van der Waals surface area contributed by atoms with Crippen molar-refractivity contribution < 1.29 is 14.3 Å². The highest BCUT2D eigenvalue weighted by Gasteiger charge is 2.32. The minimum atomic E-state index is -0.602. The smallest absolute Gasteiger partial charge is 0.253 e. The Morgan fingerprint density at radius 1 is 1.33 bits per heavy atom. The number of carbonyl (C=O) groups is 2. The molecule has 0 saturated carbocycles. The van der Waals surface area contributed by atoms with E-state index in [1.165, 1.54) is 6.07 Å². The third-order valence-corrected chi connectivity index (χ3v) is 5.33. The molecule has 1 saturated heterocycles. The van der Waals surface area contributed by atoms with Gasteiger partial charge in [-0.25, -0.2) is 0 Å². The molecule has 1 aromatic carbocycles. The largest absolute Gasteiger partial charge is 0.381 e. The van der Waals surface area contributed by atoms with Crippen LogP contribution in [0.25, 0.3) is 0 Å². The molecular weight excluding hydrogens is 387 g/mol. The van der Waals surface area contributed by atoms with Gasteiger partial charge in [0.15, 0.2) is 0 Å². The minimum Gasteiger partial charge on any atom is -0.381 e. The first kappa shape index (κ1) is 22.0. The molecule has 7 heteroatoms. The van der Waals surface area contributed by atoms with Gasteiger partial charge in [-0.2, -0.15) is 0 Å². The summed E-state index contributed by atoms with van der Waals surface area (Å²) in [7, 11) is 0. The fraction of sp³-hybridized carbons (Fsp3) is 0.600. The molecule has 2 amide bonds. The first-order chi connectivity index (χ1) is 12.8. The lowest BCUT2D eigenvalue weighted by Crippen LogP contribution is -2.53. The number of benzene rings is 1. The number of halogens is 2. The van der Waals surface area contributed by atoms with Crippen molar-refractivity contribution in [2.24, 2.45) is 11.8 Å². The van der Waals surface area contributed by atoms with Gasteiger partial charge >= 0.3 is 0 Å². The van der Waals surface area contributed by atoms with Crippen molar-refractivity contribution in [3.05, 3.63) is 33.8 Å². The Labute approximate surface area is 171 Å². The molecule has 0 aromatic heterocycles. The number of amides is 2. The maximum absolute atomic E-state index is 13.1. The summed E-state index contributed by atoms with van der Waals surface area (Å²) in [6.45, 7) is 8.54. The molecule has 1 aliphatic rings. The zero-order chi connectivity index (χ0) is 20.0. The Morgan fingerprint density at radius 2 is 2.07 bits per heavy atom. The highest BCUT2D eigenvalue weighted by atomic mass is 35.5. The van der Waals surface area contributed by atoms with Gasteiger partial charge in [-0.05, 0) is 49.8 Å². The molecule has 150 valence electrons. The van der Waals surface area contributed by atoms with Gasteiger partial charge in [-0.1, -0.05) is 37.0 Å². The Morgan fingerprint density at radius 3 is 2.70 bits per heavy atom. The molecule has 2 atom stereocenters. The van der Waals surface area contributed by atoms with Crippen LogP contribution in [0.3, 0.4) is 0 Å². The molecule has 1 fully saturated rings. The topological polar surface area (TPSA) is 58.6 Å². The summed E-state index contributed by atoms with van der Waals surface area (Å²) in [4.78, 5) is 27.6. The van der Waals surface area contributed by atoms with Crippen molar-refractivity contribution >= 4 is 35.0 Å². The Balaban J connectivity index is 2.07. The number of likely N-dealkylation sites (tertiary alicyclic amines) is 1. The van der Waals surface area contributed by atoms with Gasteiger partial charge in [-0.3, -0.25) is 9.59 Å². The molecule has 27 heavy (non-hydrogen) atoms. The van der Waals surface area contributed by atoms with Crippen LogP contribution in [0.15, 0.2) is 18.2 Å². The van der Waals surface area contributed by atoms with Gasteiger partial charge in [0.1, 0.15) is 6.04 Å². The van der Waals surface area contributed by atoms with E-state index in [4.69, 9.17) is 27.9 Å². The molecule has 0 aliphatic carbocycles. The van der Waals surface area contributed by atoms with E-state index in [0.29, 0.717) is 42.8 Å². The fourth-order valence-electron chi connectivity index (χ4n) is 3.29. The first-order valence-electron chi connectivity index (χ1n) is 9.45. The average molecular weight is 415 g/mol. The second-order valence-electron chi connectivity index (χ2n) is 7.27. The molecule has 0 radical (unpaired) electrons. The molecule has 2 unspecified atom stereocenters. The van der Waals surface area contributed by atoms with E-state index in [0.717, 1.165) is 12.8 Å². The number of nitrogens with one attached hydrogen (secondary N) is 1. The molecule has 1 aromatic rings. The molecule has 1 N–H and O–H groups in total. The second-order valence-corrected chi connectivity index (χ2v) is 8.11. The van der Waals surface area contributed by atoms with Crippen LogP contribution in [0, 0.1) is 11.8 Å². The zero-order valence-corrected chi connectivity index (χ0v) is 17.6. The standard InChI is InChI=1S/C20H28Cl2N2O3/c1-4-27-12-14-6-5-9-24(11-14)20(26)18(13(2)3)23-19(25)16-8-7-15(21)10-17(16)22/h7-8,10,13-14,18H,4-6,9,11-12H2,1-3H3,(H,23,25). The van der Waals surface area contributed by atoms with E-state index in [-0.39, 0.29) is 22.8 Å². The quantitative estimate of drug-likeness (QED) is 0.732. The van der Waals surface area contributed by atoms with Crippen molar-refractivity contribution in [3.8, 4) is 0 Å². The van der Waals surface area contributed by atoms with Crippen LogP contribution >= 0.6 is 23.2 Å². The molecule has 5 nitrogen and oxygen atoms in total. The lowest BCUT2D eigenvalue weighted by molar-refractivity contribution is -0.136. The monoisotopic (exact) mass is 414 g/mol. The number of nitrogens with zero attached hydrogens (tertiary/aromatic N) is 1. The fourth-order valence-corrected chi connectivity index (χ4v) is 3.78. The molecule has 1 aliphatic heterocycles. The SMILES string of the molecule is CCOCC1CCCN(C(=O)C(NC(=O)c2ccc(Cl)cc2Cl)C(C)C)C1. The highest BCUT2D eigenvalue weighted by Crippen LogP contribution is 2.22. The Kier molecular flexibility index (Phi) is 8.39. The van der Waals surface area contributed by atoms with Gasteiger partial charge in [0.05, 0.1) is 17.2 Å². The average Bonchev–Trinajstić information content (AvgIpc) is 2.63. The number of hydrogen-bond donors (Lipinski definition) is 1. The Hall–Kier alpha value is -1.30. The molecule has 0 spiro atoms. The van der Waals surface area contributed by atoms with Gasteiger partial charge in [-0.15, -0.1) is 0 Å². The zero-order valence-electron chi connectivity index (χ0n) is 16.1.